The number of hydrogen-bond acceptors (Lipinski definition) is 5. The average molecular weight is 406 g/mol. The summed E-state index contributed by atoms with van der Waals surface area (Å²) in [5.41, 5.74) is 6.32. The number of aromatic amines is 1. The number of hydrogen-bond donors (Lipinski definition) is 3. The van der Waals surface area contributed by atoms with Gasteiger partial charge in [0.05, 0.1) is 42.7 Å². The van der Waals surface area contributed by atoms with E-state index in [0.717, 1.165) is 47.2 Å². The Balaban J connectivity index is 1.22. The molecule has 0 spiro atoms. The number of nitrogens with zero attached hydrogens (tertiary/aromatic N) is 1. The van der Waals surface area contributed by atoms with Gasteiger partial charge in [-0.3, -0.25) is 0 Å². The maximum atomic E-state index is 9.94. The lowest BCUT2D eigenvalue weighted by atomic mass is 9.95. The second-order valence-corrected chi connectivity index (χ2v) is 9.07. The first kappa shape index (κ1) is 18.5. The molecule has 0 bridgehead atoms. The summed E-state index contributed by atoms with van der Waals surface area (Å²) in [7, 11) is 0. The Morgan fingerprint density at radius 3 is 2.60 bits per heavy atom. The first-order valence-electron chi connectivity index (χ1n) is 10.8. The molecule has 30 heavy (non-hydrogen) atoms. The van der Waals surface area contributed by atoms with Gasteiger partial charge in [0, 0.05) is 22.6 Å². The molecule has 1 aromatic carbocycles. The molecule has 2 aromatic heterocycles. The molecule has 0 amide bonds. The highest BCUT2D eigenvalue weighted by atomic mass is 16.6. The third kappa shape index (κ3) is 2.98. The second-order valence-electron chi connectivity index (χ2n) is 9.07. The Hall–Kier alpha value is -2.25. The standard InChI is InChI=1S/C24H26N2O4/c27-13-24(7-8-24)16-3-1-14(2-4-16)18-5-6-19-20(26-18)10-17(25-19)9-15-11-29-23-21(28)12-30-22(15)23/h1-6,10,15,21-23,25,27-28H,7-9,11-13H2/t15?,21?,22-,23-/m1/s1. The van der Waals surface area contributed by atoms with Gasteiger partial charge in [-0.1, -0.05) is 24.3 Å². The van der Waals surface area contributed by atoms with Gasteiger partial charge in [0.15, 0.2) is 0 Å². The number of nitrogens with one attached hydrogen (secondary N) is 1. The molecular weight excluding hydrogens is 380 g/mol. The zero-order chi connectivity index (χ0) is 20.3. The minimum atomic E-state index is -0.509. The summed E-state index contributed by atoms with van der Waals surface area (Å²) in [5, 5.41) is 19.6. The number of H-pyrrole nitrogens is 1. The topological polar surface area (TPSA) is 87.6 Å². The molecule has 6 heteroatoms. The Morgan fingerprint density at radius 2 is 1.83 bits per heavy atom. The van der Waals surface area contributed by atoms with Crippen LogP contribution in [0.2, 0.25) is 0 Å². The highest BCUT2D eigenvalue weighted by Crippen LogP contribution is 2.47. The summed E-state index contributed by atoms with van der Waals surface area (Å²) in [6.45, 7) is 1.20. The third-order valence-electron chi connectivity index (χ3n) is 7.09. The lowest BCUT2D eigenvalue weighted by Crippen LogP contribution is -2.29. The van der Waals surface area contributed by atoms with E-state index in [1.807, 2.05) is 6.07 Å². The molecule has 2 saturated heterocycles. The van der Waals surface area contributed by atoms with Gasteiger partial charge in [0.2, 0.25) is 0 Å². The van der Waals surface area contributed by atoms with Crippen molar-refractivity contribution < 1.29 is 19.7 Å². The normalized spacial score (nSPS) is 29.4. The number of pyridine rings is 1. The average Bonchev–Trinajstić information content (AvgIpc) is 3.10. The van der Waals surface area contributed by atoms with Gasteiger partial charge >= 0.3 is 0 Å². The van der Waals surface area contributed by atoms with E-state index in [1.54, 1.807) is 0 Å². The number of fused-ring (bicyclic) bond motifs is 2. The smallest absolute Gasteiger partial charge is 0.112 e. The minimum absolute atomic E-state index is 0.00646. The van der Waals surface area contributed by atoms with E-state index in [9.17, 15) is 10.2 Å². The second kappa shape index (κ2) is 6.89. The predicted octanol–water partition coefficient (Wildman–Crippen LogP) is 2.57. The van der Waals surface area contributed by atoms with Crippen LogP contribution in [0.15, 0.2) is 42.5 Å². The van der Waals surface area contributed by atoms with E-state index < -0.39 is 6.10 Å². The van der Waals surface area contributed by atoms with Crippen molar-refractivity contribution in [3.63, 3.8) is 0 Å². The van der Waals surface area contributed by atoms with Gasteiger partial charge in [0.25, 0.3) is 0 Å². The Labute approximate surface area is 174 Å². The Kier molecular flexibility index (Phi) is 4.25. The lowest BCUT2D eigenvalue weighted by Gasteiger charge is -2.14. The SMILES string of the molecule is OCC1(c2ccc(-c3ccc4[nH]c(CC5CO[C@@H]6C(O)CO[C@H]56)cc4n3)cc2)CC1. The van der Waals surface area contributed by atoms with Gasteiger partial charge in [-0.15, -0.1) is 0 Å². The highest BCUT2D eigenvalue weighted by Gasteiger charge is 2.47. The van der Waals surface area contributed by atoms with Crippen LogP contribution in [-0.4, -0.2) is 58.3 Å². The number of aliphatic hydroxyl groups is 2. The van der Waals surface area contributed by atoms with E-state index in [1.165, 1.54) is 5.56 Å². The summed E-state index contributed by atoms with van der Waals surface area (Å²) < 4.78 is 11.5. The van der Waals surface area contributed by atoms with Crippen LogP contribution in [0.4, 0.5) is 0 Å². The monoisotopic (exact) mass is 406 g/mol. The molecule has 1 aliphatic carbocycles. The van der Waals surface area contributed by atoms with Crippen molar-refractivity contribution >= 4 is 11.0 Å². The van der Waals surface area contributed by atoms with Gasteiger partial charge < -0.3 is 24.7 Å². The van der Waals surface area contributed by atoms with E-state index in [2.05, 4.69) is 41.4 Å². The van der Waals surface area contributed by atoms with E-state index in [-0.39, 0.29) is 30.1 Å². The number of rotatable bonds is 5. The van der Waals surface area contributed by atoms with Crippen LogP contribution in [0, 0.1) is 5.92 Å². The molecule has 3 aromatic rings. The van der Waals surface area contributed by atoms with Crippen molar-refractivity contribution in [2.75, 3.05) is 19.8 Å². The summed E-state index contributed by atoms with van der Waals surface area (Å²) in [5.74, 6) is 0.244. The molecule has 3 N–H and O–H groups in total. The number of aliphatic hydroxyl groups excluding tert-OH is 2. The van der Waals surface area contributed by atoms with Crippen LogP contribution < -0.4 is 0 Å². The summed E-state index contributed by atoms with van der Waals surface area (Å²) in [6.07, 6.45) is 2.23. The molecular formula is C24H26N2O4. The molecule has 156 valence electrons. The first-order chi connectivity index (χ1) is 14.6. The van der Waals surface area contributed by atoms with Gasteiger partial charge in [0.1, 0.15) is 12.2 Å². The van der Waals surface area contributed by atoms with Crippen LogP contribution in [-0.2, 0) is 21.3 Å². The van der Waals surface area contributed by atoms with Gasteiger partial charge in [-0.05, 0) is 43.0 Å². The minimum Gasteiger partial charge on any atom is -0.395 e. The van der Waals surface area contributed by atoms with Crippen LogP contribution in [0.5, 0.6) is 0 Å². The van der Waals surface area contributed by atoms with Crippen LogP contribution in [0.3, 0.4) is 0 Å². The van der Waals surface area contributed by atoms with Crippen molar-refractivity contribution in [2.24, 2.45) is 5.92 Å². The number of ether oxygens (including phenoxy) is 2. The van der Waals surface area contributed by atoms with Crippen molar-refractivity contribution in [2.45, 2.75) is 43.0 Å². The van der Waals surface area contributed by atoms with Gasteiger partial charge in [-0.2, -0.15) is 0 Å². The largest absolute Gasteiger partial charge is 0.395 e. The fourth-order valence-electron chi connectivity index (χ4n) is 5.03. The number of benzene rings is 1. The zero-order valence-electron chi connectivity index (χ0n) is 16.8. The predicted molar refractivity (Wildman–Crippen MR) is 112 cm³/mol. The summed E-state index contributed by atoms with van der Waals surface area (Å²) in [6, 6.07) is 14.7. The Morgan fingerprint density at radius 1 is 1.03 bits per heavy atom. The maximum absolute atomic E-state index is 9.94. The molecule has 1 saturated carbocycles. The third-order valence-corrected chi connectivity index (χ3v) is 7.09. The fourth-order valence-corrected chi connectivity index (χ4v) is 5.03. The van der Waals surface area contributed by atoms with Crippen LogP contribution in [0.1, 0.15) is 24.1 Å². The molecule has 4 heterocycles. The van der Waals surface area contributed by atoms with Crippen molar-refractivity contribution in [3.05, 3.63) is 53.7 Å². The lowest BCUT2D eigenvalue weighted by molar-refractivity contribution is 0.0169. The molecule has 3 aliphatic rings. The molecule has 6 nitrogen and oxygen atoms in total. The van der Waals surface area contributed by atoms with E-state index in [0.29, 0.717) is 13.2 Å². The van der Waals surface area contributed by atoms with Crippen molar-refractivity contribution in [1.29, 1.82) is 0 Å². The highest BCUT2D eigenvalue weighted by molar-refractivity contribution is 5.79. The summed E-state index contributed by atoms with van der Waals surface area (Å²) in [4.78, 5) is 8.34. The van der Waals surface area contributed by atoms with Crippen LogP contribution >= 0.6 is 0 Å². The van der Waals surface area contributed by atoms with Crippen molar-refractivity contribution in [1.82, 2.24) is 9.97 Å². The zero-order valence-corrected chi connectivity index (χ0v) is 16.8. The van der Waals surface area contributed by atoms with Crippen molar-refractivity contribution in [3.8, 4) is 11.3 Å². The molecule has 0 radical (unpaired) electrons. The Bertz CT molecular complexity index is 1070. The first-order valence-corrected chi connectivity index (χ1v) is 10.8. The molecule has 2 aliphatic heterocycles. The molecule has 2 unspecified atom stereocenters. The van der Waals surface area contributed by atoms with Gasteiger partial charge in [-0.25, -0.2) is 4.98 Å². The molecule has 3 fully saturated rings. The van der Waals surface area contributed by atoms with E-state index in [4.69, 9.17) is 14.5 Å². The summed E-state index contributed by atoms with van der Waals surface area (Å²) >= 11 is 0. The van der Waals surface area contributed by atoms with E-state index >= 15 is 0 Å². The fraction of sp³-hybridized carbons (Fsp3) is 0.458. The maximum Gasteiger partial charge on any atom is 0.112 e. The quantitative estimate of drug-likeness (QED) is 0.606. The van der Waals surface area contributed by atoms with Crippen LogP contribution in [0.25, 0.3) is 22.3 Å². The number of aromatic nitrogens is 2. The molecule has 6 rings (SSSR count). The molecule has 4 atom stereocenters.